The fourth-order valence-corrected chi connectivity index (χ4v) is 2.67. The molecule has 0 amide bonds. The van der Waals surface area contributed by atoms with Crippen LogP contribution in [0.15, 0.2) is 27.8 Å². The summed E-state index contributed by atoms with van der Waals surface area (Å²) in [6, 6.07) is 4.03. The summed E-state index contributed by atoms with van der Waals surface area (Å²) in [4.78, 5) is 4.47. The summed E-state index contributed by atoms with van der Waals surface area (Å²) in [5, 5.41) is 16.7. The van der Waals surface area contributed by atoms with Crippen LogP contribution in [0.3, 0.4) is 0 Å². The van der Waals surface area contributed by atoms with Crippen LogP contribution in [0.25, 0.3) is 0 Å². The second kappa shape index (κ2) is 10.1. The zero-order valence-corrected chi connectivity index (χ0v) is 15.7. The number of rotatable bonds is 5. The Morgan fingerprint density at radius 2 is 2.14 bits per heavy atom. The Balaban J connectivity index is 0.00000242. The number of aliphatic imine (C=N–C) groups is 1. The van der Waals surface area contributed by atoms with Gasteiger partial charge in [0, 0.05) is 12.6 Å². The van der Waals surface area contributed by atoms with Gasteiger partial charge in [0.1, 0.15) is 11.9 Å². The first-order valence-corrected chi connectivity index (χ1v) is 7.95. The van der Waals surface area contributed by atoms with E-state index in [1.807, 2.05) is 6.92 Å². The maximum atomic E-state index is 10.0. The molecule has 1 heterocycles. The van der Waals surface area contributed by atoms with E-state index in [9.17, 15) is 5.11 Å². The molecule has 3 N–H and O–H groups in total. The normalized spacial score (nSPS) is 23.5. The van der Waals surface area contributed by atoms with Crippen LogP contribution >= 0.6 is 24.0 Å². The molecule has 0 aromatic carbocycles. The highest BCUT2D eigenvalue weighted by Crippen LogP contribution is 2.23. The van der Waals surface area contributed by atoms with Crippen LogP contribution in [0, 0.1) is 5.92 Å². The predicted octanol–water partition coefficient (Wildman–Crippen LogP) is 3.06. The van der Waals surface area contributed by atoms with Gasteiger partial charge in [-0.05, 0) is 50.7 Å². The van der Waals surface area contributed by atoms with E-state index in [4.69, 9.17) is 4.42 Å². The van der Waals surface area contributed by atoms with Gasteiger partial charge in [-0.2, -0.15) is 0 Å². The van der Waals surface area contributed by atoms with Crippen molar-refractivity contribution in [1.29, 1.82) is 0 Å². The summed E-state index contributed by atoms with van der Waals surface area (Å²) in [5.41, 5.74) is 0. The van der Waals surface area contributed by atoms with Crippen LogP contribution in [0.1, 0.15) is 51.4 Å². The number of aliphatic hydroxyl groups excluding tert-OH is 1. The summed E-state index contributed by atoms with van der Waals surface area (Å²) < 4.78 is 5.19. The van der Waals surface area contributed by atoms with E-state index in [0.29, 0.717) is 18.3 Å². The van der Waals surface area contributed by atoms with E-state index in [2.05, 4.69) is 22.5 Å². The number of nitrogens with zero attached hydrogens (tertiary/aromatic N) is 1. The second-order valence-electron chi connectivity index (χ2n) is 5.85. The van der Waals surface area contributed by atoms with Gasteiger partial charge >= 0.3 is 0 Å². The third kappa shape index (κ3) is 6.16. The molecule has 1 aliphatic carbocycles. The molecule has 1 unspecified atom stereocenters. The lowest BCUT2D eigenvalue weighted by Gasteiger charge is -2.28. The molecule has 0 spiro atoms. The summed E-state index contributed by atoms with van der Waals surface area (Å²) in [7, 11) is 0. The van der Waals surface area contributed by atoms with E-state index in [1.54, 1.807) is 18.4 Å². The Labute approximate surface area is 150 Å². The SMILES string of the molecule is CCNC(=NCC(O)c1ccco1)NC1CCC(C)CC1.I. The van der Waals surface area contributed by atoms with Crippen molar-refractivity contribution in [3.05, 3.63) is 24.2 Å². The van der Waals surface area contributed by atoms with Crippen molar-refractivity contribution in [3.63, 3.8) is 0 Å². The molecule has 0 radical (unpaired) electrons. The van der Waals surface area contributed by atoms with Gasteiger partial charge in [-0.15, -0.1) is 24.0 Å². The molecule has 1 aromatic rings. The van der Waals surface area contributed by atoms with Crippen molar-refractivity contribution in [2.24, 2.45) is 10.9 Å². The lowest BCUT2D eigenvalue weighted by Crippen LogP contribution is -2.45. The molecule has 5 nitrogen and oxygen atoms in total. The highest BCUT2D eigenvalue weighted by molar-refractivity contribution is 14.0. The molecular formula is C16H28IN3O2. The summed E-state index contributed by atoms with van der Waals surface area (Å²) >= 11 is 0. The number of guanidine groups is 1. The minimum absolute atomic E-state index is 0. The van der Waals surface area contributed by atoms with E-state index in [1.165, 1.54) is 25.7 Å². The first kappa shape index (κ1) is 19.3. The van der Waals surface area contributed by atoms with Gasteiger partial charge in [0.05, 0.1) is 12.8 Å². The standard InChI is InChI=1S/C16H27N3O2.HI/c1-3-17-16(19-13-8-6-12(2)7-9-13)18-11-14(20)15-5-4-10-21-15;/h4-5,10,12-14,20H,3,6-9,11H2,1-2H3,(H2,17,18,19);1H. The average Bonchev–Trinajstić information content (AvgIpc) is 3.01. The monoisotopic (exact) mass is 421 g/mol. The maximum Gasteiger partial charge on any atom is 0.191 e. The number of furan rings is 1. The molecule has 1 aliphatic rings. The van der Waals surface area contributed by atoms with Crippen LogP contribution < -0.4 is 10.6 Å². The van der Waals surface area contributed by atoms with Crippen LogP contribution in [0.2, 0.25) is 0 Å². The van der Waals surface area contributed by atoms with Crippen molar-refractivity contribution in [3.8, 4) is 0 Å². The fourth-order valence-electron chi connectivity index (χ4n) is 2.67. The smallest absolute Gasteiger partial charge is 0.191 e. The lowest BCUT2D eigenvalue weighted by atomic mass is 9.87. The molecular weight excluding hydrogens is 393 g/mol. The molecule has 1 aromatic heterocycles. The highest BCUT2D eigenvalue weighted by atomic mass is 127. The Kier molecular flexibility index (Phi) is 8.85. The zero-order chi connectivity index (χ0) is 15.1. The van der Waals surface area contributed by atoms with Crippen molar-refractivity contribution in [2.75, 3.05) is 13.1 Å². The molecule has 1 fully saturated rings. The van der Waals surface area contributed by atoms with Gasteiger partial charge in [-0.25, -0.2) is 0 Å². The van der Waals surface area contributed by atoms with Gasteiger partial charge in [-0.1, -0.05) is 6.92 Å². The van der Waals surface area contributed by atoms with Gasteiger partial charge in [0.2, 0.25) is 0 Å². The Morgan fingerprint density at radius 3 is 2.73 bits per heavy atom. The van der Waals surface area contributed by atoms with Gasteiger partial charge in [0.15, 0.2) is 5.96 Å². The molecule has 126 valence electrons. The van der Waals surface area contributed by atoms with E-state index < -0.39 is 6.10 Å². The molecule has 22 heavy (non-hydrogen) atoms. The Bertz CT molecular complexity index is 429. The maximum absolute atomic E-state index is 10.0. The van der Waals surface area contributed by atoms with Crippen LogP contribution in [-0.4, -0.2) is 30.2 Å². The third-order valence-corrected chi connectivity index (χ3v) is 3.99. The molecule has 0 bridgehead atoms. The van der Waals surface area contributed by atoms with Crippen LogP contribution in [-0.2, 0) is 0 Å². The lowest BCUT2D eigenvalue weighted by molar-refractivity contribution is 0.158. The second-order valence-corrected chi connectivity index (χ2v) is 5.85. The van der Waals surface area contributed by atoms with E-state index in [-0.39, 0.29) is 24.0 Å². The largest absolute Gasteiger partial charge is 0.467 e. The van der Waals surface area contributed by atoms with Gasteiger partial charge in [0.25, 0.3) is 0 Å². The topological polar surface area (TPSA) is 69.8 Å². The van der Waals surface area contributed by atoms with Crippen LogP contribution in [0.5, 0.6) is 0 Å². The molecule has 0 saturated heterocycles. The minimum Gasteiger partial charge on any atom is -0.467 e. The van der Waals surface area contributed by atoms with E-state index in [0.717, 1.165) is 18.4 Å². The van der Waals surface area contributed by atoms with Crippen molar-refractivity contribution in [2.45, 2.75) is 51.7 Å². The molecule has 1 saturated carbocycles. The average molecular weight is 421 g/mol. The summed E-state index contributed by atoms with van der Waals surface area (Å²) in [5.74, 6) is 2.17. The molecule has 6 heteroatoms. The summed E-state index contributed by atoms with van der Waals surface area (Å²) in [6.45, 7) is 5.47. The minimum atomic E-state index is -0.693. The Hall–Kier alpha value is -0.760. The van der Waals surface area contributed by atoms with Gasteiger partial charge in [-0.3, -0.25) is 4.99 Å². The predicted molar refractivity (Wildman–Crippen MR) is 99.6 cm³/mol. The number of hydrogen-bond donors (Lipinski definition) is 3. The number of halogens is 1. The van der Waals surface area contributed by atoms with Crippen molar-refractivity contribution in [1.82, 2.24) is 10.6 Å². The molecule has 2 rings (SSSR count). The number of hydrogen-bond acceptors (Lipinski definition) is 3. The van der Waals surface area contributed by atoms with E-state index >= 15 is 0 Å². The molecule has 0 aliphatic heterocycles. The first-order valence-electron chi connectivity index (χ1n) is 7.95. The quantitative estimate of drug-likeness (QED) is 0.388. The zero-order valence-electron chi connectivity index (χ0n) is 13.4. The number of nitrogens with one attached hydrogen (secondary N) is 2. The van der Waals surface area contributed by atoms with Gasteiger partial charge < -0.3 is 20.2 Å². The summed E-state index contributed by atoms with van der Waals surface area (Å²) in [6.07, 6.45) is 5.79. The van der Waals surface area contributed by atoms with Crippen LogP contribution in [0.4, 0.5) is 0 Å². The Morgan fingerprint density at radius 1 is 1.41 bits per heavy atom. The number of aliphatic hydroxyl groups is 1. The fraction of sp³-hybridized carbons (Fsp3) is 0.688. The third-order valence-electron chi connectivity index (χ3n) is 3.99. The van der Waals surface area contributed by atoms with Crippen molar-refractivity contribution >= 4 is 29.9 Å². The first-order chi connectivity index (χ1) is 10.2. The molecule has 1 atom stereocenters. The van der Waals surface area contributed by atoms with Crippen molar-refractivity contribution < 1.29 is 9.52 Å². The highest BCUT2D eigenvalue weighted by Gasteiger charge is 2.19.